The molecule has 0 spiro atoms. The maximum absolute atomic E-state index is 11.7. The first-order valence-corrected chi connectivity index (χ1v) is 6.81. The molecule has 1 heterocycles. The standard InChI is InChI=1S/C12H16IN3O/c13-9-1-3-10(4-2-9)16-12(17)8-15-11-5-6-14-7-11/h1-4,11,14-15H,5-8H2,(H,16,17). The Balaban J connectivity index is 1.74. The fraction of sp³-hybridized carbons (Fsp3) is 0.417. The molecule has 1 aromatic rings. The van der Waals surface area contributed by atoms with Gasteiger partial charge >= 0.3 is 0 Å². The van der Waals surface area contributed by atoms with Crippen LogP contribution in [0.5, 0.6) is 0 Å². The van der Waals surface area contributed by atoms with Crippen molar-refractivity contribution < 1.29 is 4.79 Å². The molecule has 1 saturated heterocycles. The minimum Gasteiger partial charge on any atom is -0.325 e. The van der Waals surface area contributed by atoms with E-state index in [1.807, 2.05) is 24.3 Å². The van der Waals surface area contributed by atoms with E-state index in [1.54, 1.807) is 0 Å². The molecule has 1 unspecified atom stereocenters. The van der Waals surface area contributed by atoms with Crippen LogP contribution in [-0.2, 0) is 4.79 Å². The van der Waals surface area contributed by atoms with Gasteiger partial charge in [0.25, 0.3) is 0 Å². The summed E-state index contributed by atoms with van der Waals surface area (Å²) in [4.78, 5) is 11.7. The van der Waals surface area contributed by atoms with E-state index < -0.39 is 0 Å². The summed E-state index contributed by atoms with van der Waals surface area (Å²) in [5.41, 5.74) is 0.849. The highest BCUT2D eigenvalue weighted by atomic mass is 127. The lowest BCUT2D eigenvalue weighted by atomic mass is 10.2. The van der Waals surface area contributed by atoms with Gasteiger partial charge in [-0.1, -0.05) is 0 Å². The van der Waals surface area contributed by atoms with Gasteiger partial charge in [-0.05, 0) is 59.8 Å². The van der Waals surface area contributed by atoms with Crippen LogP contribution in [0.3, 0.4) is 0 Å². The maximum Gasteiger partial charge on any atom is 0.238 e. The molecule has 0 aliphatic carbocycles. The Morgan fingerprint density at radius 3 is 2.82 bits per heavy atom. The number of carbonyl (C=O) groups excluding carboxylic acids is 1. The molecule has 1 aliphatic heterocycles. The number of hydrogen-bond donors (Lipinski definition) is 3. The van der Waals surface area contributed by atoms with E-state index in [1.165, 1.54) is 0 Å². The van der Waals surface area contributed by atoms with Gasteiger partial charge in [-0.15, -0.1) is 0 Å². The van der Waals surface area contributed by atoms with Gasteiger partial charge in [-0.3, -0.25) is 4.79 Å². The second-order valence-electron chi connectivity index (χ2n) is 4.13. The molecule has 1 aliphatic rings. The van der Waals surface area contributed by atoms with Crippen LogP contribution in [0.2, 0.25) is 0 Å². The SMILES string of the molecule is O=C(CNC1CCNC1)Nc1ccc(I)cc1. The molecule has 5 heteroatoms. The summed E-state index contributed by atoms with van der Waals surface area (Å²) in [7, 11) is 0. The molecule has 1 atom stereocenters. The van der Waals surface area contributed by atoms with Crippen molar-refractivity contribution >= 4 is 34.2 Å². The van der Waals surface area contributed by atoms with Crippen LogP contribution in [0.4, 0.5) is 5.69 Å². The first-order valence-electron chi connectivity index (χ1n) is 5.73. The largest absolute Gasteiger partial charge is 0.325 e. The first-order chi connectivity index (χ1) is 8.24. The van der Waals surface area contributed by atoms with Crippen LogP contribution in [0.1, 0.15) is 6.42 Å². The number of nitrogens with one attached hydrogen (secondary N) is 3. The summed E-state index contributed by atoms with van der Waals surface area (Å²) < 4.78 is 1.16. The van der Waals surface area contributed by atoms with Crippen LogP contribution < -0.4 is 16.0 Å². The molecule has 17 heavy (non-hydrogen) atoms. The second kappa shape index (κ2) is 6.32. The van der Waals surface area contributed by atoms with Crippen molar-refractivity contribution in [1.82, 2.24) is 10.6 Å². The lowest BCUT2D eigenvalue weighted by Gasteiger charge is -2.11. The summed E-state index contributed by atoms with van der Waals surface area (Å²) in [6.45, 7) is 2.37. The van der Waals surface area contributed by atoms with E-state index in [2.05, 4.69) is 38.5 Å². The second-order valence-corrected chi connectivity index (χ2v) is 5.37. The zero-order valence-electron chi connectivity index (χ0n) is 9.50. The Morgan fingerprint density at radius 1 is 1.41 bits per heavy atom. The van der Waals surface area contributed by atoms with Gasteiger partial charge in [0.15, 0.2) is 0 Å². The minimum absolute atomic E-state index is 0.0121. The number of hydrogen-bond acceptors (Lipinski definition) is 3. The van der Waals surface area contributed by atoms with Crippen molar-refractivity contribution in [3.05, 3.63) is 27.8 Å². The Morgan fingerprint density at radius 2 is 2.18 bits per heavy atom. The van der Waals surface area contributed by atoms with Crippen LogP contribution in [0, 0.1) is 3.57 Å². The summed E-state index contributed by atoms with van der Waals surface area (Å²) in [6.07, 6.45) is 1.09. The van der Waals surface area contributed by atoms with Gasteiger partial charge < -0.3 is 16.0 Å². The number of amides is 1. The molecule has 92 valence electrons. The molecule has 1 amide bonds. The number of anilines is 1. The number of rotatable bonds is 4. The molecule has 0 bridgehead atoms. The Labute approximate surface area is 115 Å². The van der Waals surface area contributed by atoms with Crippen molar-refractivity contribution in [2.75, 3.05) is 25.0 Å². The average Bonchev–Trinajstić information content (AvgIpc) is 2.83. The molecule has 1 fully saturated rings. The third kappa shape index (κ3) is 4.25. The van der Waals surface area contributed by atoms with Gasteiger partial charge in [0.05, 0.1) is 6.54 Å². The van der Waals surface area contributed by atoms with Crippen molar-refractivity contribution in [3.8, 4) is 0 Å². The maximum atomic E-state index is 11.7. The molecular weight excluding hydrogens is 329 g/mol. The van der Waals surface area contributed by atoms with Crippen molar-refractivity contribution in [2.45, 2.75) is 12.5 Å². The Bertz CT molecular complexity index is 374. The number of benzene rings is 1. The van der Waals surface area contributed by atoms with Crippen molar-refractivity contribution in [3.63, 3.8) is 0 Å². The van der Waals surface area contributed by atoms with Crippen molar-refractivity contribution in [1.29, 1.82) is 0 Å². The van der Waals surface area contributed by atoms with Crippen LogP contribution in [0.25, 0.3) is 0 Å². The van der Waals surface area contributed by atoms with E-state index in [0.717, 1.165) is 28.8 Å². The van der Waals surface area contributed by atoms with E-state index in [9.17, 15) is 4.79 Å². The van der Waals surface area contributed by atoms with Crippen LogP contribution in [0.15, 0.2) is 24.3 Å². The molecule has 2 rings (SSSR count). The molecule has 0 saturated carbocycles. The summed E-state index contributed by atoms with van der Waals surface area (Å²) >= 11 is 2.24. The zero-order valence-corrected chi connectivity index (χ0v) is 11.7. The average molecular weight is 345 g/mol. The Hall–Kier alpha value is -0.660. The fourth-order valence-electron chi connectivity index (χ4n) is 1.80. The molecule has 4 nitrogen and oxygen atoms in total. The van der Waals surface area contributed by atoms with E-state index in [-0.39, 0.29) is 5.91 Å². The zero-order chi connectivity index (χ0) is 12.1. The van der Waals surface area contributed by atoms with Gasteiger partial charge in [-0.25, -0.2) is 0 Å². The van der Waals surface area contributed by atoms with Crippen LogP contribution in [-0.4, -0.2) is 31.6 Å². The quantitative estimate of drug-likeness (QED) is 0.719. The molecule has 3 N–H and O–H groups in total. The third-order valence-corrected chi connectivity index (χ3v) is 3.46. The van der Waals surface area contributed by atoms with Gasteiger partial charge in [0.2, 0.25) is 5.91 Å². The highest BCUT2D eigenvalue weighted by Gasteiger charge is 2.14. The van der Waals surface area contributed by atoms with E-state index >= 15 is 0 Å². The highest BCUT2D eigenvalue weighted by Crippen LogP contribution is 2.10. The molecular formula is C12H16IN3O. The van der Waals surface area contributed by atoms with E-state index in [4.69, 9.17) is 0 Å². The summed E-state index contributed by atoms with van der Waals surface area (Å²) in [5.74, 6) is 0.0121. The monoisotopic (exact) mass is 345 g/mol. The highest BCUT2D eigenvalue weighted by molar-refractivity contribution is 14.1. The van der Waals surface area contributed by atoms with Crippen molar-refractivity contribution in [2.24, 2.45) is 0 Å². The van der Waals surface area contributed by atoms with Gasteiger partial charge in [0, 0.05) is 21.8 Å². The van der Waals surface area contributed by atoms with Gasteiger partial charge in [0.1, 0.15) is 0 Å². The van der Waals surface area contributed by atoms with Crippen LogP contribution >= 0.6 is 22.6 Å². The number of carbonyl (C=O) groups is 1. The third-order valence-electron chi connectivity index (χ3n) is 2.74. The molecule has 1 aromatic carbocycles. The summed E-state index contributed by atoms with van der Waals surface area (Å²) in [6, 6.07) is 8.21. The topological polar surface area (TPSA) is 53.2 Å². The lowest BCUT2D eigenvalue weighted by molar-refractivity contribution is -0.115. The summed E-state index contributed by atoms with van der Waals surface area (Å²) in [5, 5.41) is 9.36. The predicted molar refractivity (Wildman–Crippen MR) is 77.1 cm³/mol. The minimum atomic E-state index is 0.0121. The first kappa shape index (κ1) is 12.8. The lowest BCUT2D eigenvalue weighted by Crippen LogP contribution is -2.37. The predicted octanol–water partition coefficient (Wildman–Crippen LogP) is 1.18. The Kier molecular flexibility index (Phi) is 4.75. The normalized spacial score (nSPS) is 19.2. The fourth-order valence-corrected chi connectivity index (χ4v) is 2.16. The molecule has 0 radical (unpaired) electrons. The number of halogens is 1. The molecule has 0 aromatic heterocycles. The van der Waals surface area contributed by atoms with E-state index in [0.29, 0.717) is 12.6 Å². The smallest absolute Gasteiger partial charge is 0.238 e. The van der Waals surface area contributed by atoms with Gasteiger partial charge in [-0.2, -0.15) is 0 Å².